The van der Waals surface area contributed by atoms with E-state index >= 15 is 0 Å². The maximum atomic E-state index is 13.2. The number of hydrogen-bond donors (Lipinski definition) is 1. The standard InChI is InChI=1S/C23H31NO3.ClH/c1-5-24(18-19(2)3)16-17-27-22(25)23(26-4,20-12-8-6-9-13-20)21-14-10-7-11-15-21;/h6-15,19H,5,16-18H2,1-4H3;1H. The molecule has 0 aliphatic carbocycles. The Morgan fingerprint density at radius 1 is 1.00 bits per heavy atom. The van der Waals surface area contributed by atoms with Gasteiger partial charge >= 0.3 is 5.97 Å². The average molecular weight is 406 g/mol. The Kier molecular flexibility index (Phi) is 10.2. The van der Waals surface area contributed by atoms with Crippen LogP contribution in [0.2, 0.25) is 0 Å². The number of carbonyl (C=O) groups is 1. The fourth-order valence-electron chi connectivity index (χ4n) is 3.46. The molecule has 0 saturated carbocycles. The first-order chi connectivity index (χ1) is 13.0. The third kappa shape index (κ3) is 5.81. The van der Waals surface area contributed by atoms with E-state index in [0.29, 0.717) is 12.5 Å². The van der Waals surface area contributed by atoms with E-state index < -0.39 is 5.60 Å². The Balaban J connectivity index is 0.00000392. The molecular formula is C23H32ClNO3. The van der Waals surface area contributed by atoms with Crippen LogP contribution in [0, 0.1) is 5.92 Å². The largest absolute Gasteiger partial charge is 1.00 e. The monoisotopic (exact) mass is 405 g/mol. The van der Waals surface area contributed by atoms with Gasteiger partial charge in [0.1, 0.15) is 13.2 Å². The van der Waals surface area contributed by atoms with Crippen molar-refractivity contribution in [3.63, 3.8) is 0 Å². The van der Waals surface area contributed by atoms with Crippen molar-refractivity contribution in [1.29, 1.82) is 0 Å². The second-order valence-corrected chi connectivity index (χ2v) is 7.20. The van der Waals surface area contributed by atoms with Crippen LogP contribution in [0.4, 0.5) is 0 Å². The lowest BCUT2D eigenvalue weighted by molar-refractivity contribution is -0.901. The number of benzene rings is 2. The summed E-state index contributed by atoms with van der Waals surface area (Å²) in [5.74, 6) is 0.241. The van der Waals surface area contributed by atoms with Crippen LogP contribution in [-0.2, 0) is 19.9 Å². The lowest BCUT2D eigenvalue weighted by atomic mass is 9.86. The van der Waals surface area contributed by atoms with Crippen LogP contribution in [0.15, 0.2) is 60.7 Å². The summed E-state index contributed by atoms with van der Waals surface area (Å²) in [5.41, 5.74) is 0.281. The Labute approximate surface area is 175 Å². The molecule has 0 aliphatic heterocycles. The highest BCUT2D eigenvalue weighted by atomic mass is 35.5. The number of ether oxygens (including phenoxy) is 2. The van der Waals surface area contributed by atoms with Crippen LogP contribution in [0.5, 0.6) is 0 Å². The molecule has 2 aromatic rings. The molecule has 0 aromatic heterocycles. The Bertz CT molecular complexity index is 652. The minimum absolute atomic E-state index is 0. The molecule has 0 spiro atoms. The highest BCUT2D eigenvalue weighted by molar-refractivity contribution is 5.85. The van der Waals surface area contributed by atoms with Gasteiger partial charge in [0, 0.05) is 13.0 Å². The van der Waals surface area contributed by atoms with E-state index in [9.17, 15) is 4.79 Å². The highest BCUT2D eigenvalue weighted by Crippen LogP contribution is 2.34. The maximum Gasteiger partial charge on any atom is 0.348 e. The Morgan fingerprint density at radius 2 is 1.50 bits per heavy atom. The lowest BCUT2D eigenvalue weighted by Gasteiger charge is -2.31. The normalized spacial score (nSPS) is 12.3. The van der Waals surface area contributed by atoms with Crippen LogP contribution in [0.25, 0.3) is 0 Å². The molecule has 0 radical (unpaired) electrons. The van der Waals surface area contributed by atoms with E-state index in [2.05, 4.69) is 20.8 Å². The third-order valence-corrected chi connectivity index (χ3v) is 4.84. The summed E-state index contributed by atoms with van der Waals surface area (Å²) in [4.78, 5) is 14.7. The molecule has 0 bridgehead atoms. The van der Waals surface area contributed by atoms with Crippen molar-refractivity contribution in [2.75, 3.05) is 33.4 Å². The van der Waals surface area contributed by atoms with E-state index in [1.54, 1.807) is 7.11 Å². The SMILES string of the molecule is CC[NH+](CCOC(=O)C(OC)(c1ccccc1)c1ccccc1)CC(C)C.[Cl-]. The van der Waals surface area contributed by atoms with Crippen molar-refractivity contribution < 1.29 is 31.6 Å². The zero-order valence-corrected chi connectivity index (χ0v) is 18.0. The topological polar surface area (TPSA) is 40.0 Å². The second-order valence-electron chi connectivity index (χ2n) is 7.20. The average Bonchev–Trinajstić information content (AvgIpc) is 2.69. The number of likely N-dealkylation sites (N-methyl/N-ethyl adjacent to an activating group) is 1. The molecule has 0 amide bonds. The molecule has 1 unspecified atom stereocenters. The first-order valence-electron chi connectivity index (χ1n) is 9.71. The number of carbonyl (C=O) groups excluding carboxylic acids is 1. The summed E-state index contributed by atoms with van der Waals surface area (Å²) in [7, 11) is 1.56. The number of rotatable bonds is 10. The van der Waals surface area contributed by atoms with E-state index in [1.807, 2.05) is 60.7 Å². The van der Waals surface area contributed by atoms with Gasteiger partial charge in [-0.15, -0.1) is 0 Å². The number of nitrogens with one attached hydrogen (secondary N) is 1. The van der Waals surface area contributed by atoms with Crippen LogP contribution in [0.1, 0.15) is 31.9 Å². The molecule has 4 nitrogen and oxygen atoms in total. The fraction of sp³-hybridized carbons (Fsp3) is 0.435. The Hall–Kier alpha value is -1.88. The van der Waals surface area contributed by atoms with Gasteiger partial charge in [0.2, 0.25) is 5.60 Å². The molecule has 2 rings (SSSR count). The predicted octanol–water partition coefficient (Wildman–Crippen LogP) is -0.315. The lowest BCUT2D eigenvalue weighted by Crippen LogP contribution is -3.12. The van der Waals surface area contributed by atoms with Crippen LogP contribution in [0.3, 0.4) is 0 Å². The van der Waals surface area contributed by atoms with Crippen LogP contribution in [-0.4, -0.2) is 39.3 Å². The number of quaternary nitrogens is 1. The van der Waals surface area contributed by atoms with Gasteiger partial charge in [-0.3, -0.25) is 0 Å². The Morgan fingerprint density at radius 3 is 1.89 bits per heavy atom. The van der Waals surface area contributed by atoms with Gasteiger partial charge < -0.3 is 26.8 Å². The van der Waals surface area contributed by atoms with E-state index in [-0.39, 0.29) is 18.4 Å². The number of methoxy groups -OCH3 is 1. The summed E-state index contributed by atoms with van der Waals surface area (Å²) in [6.45, 7) is 9.84. The molecular weight excluding hydrogens is 374 g/mol. The van der Waals surface area contributed by atoms with Gasteiger partial charge in [-0.25, -0.2) is 4.79 Å². The fourth-order valence-corrected chi connectivity index (χ4v) is 3.46. The summed E-state index contributed by atoms with van der Waals surface area (Å²) < 4.78 is 11.6. The molecule has 154 valence electrons. The molecule has 2 aromatic carbocycles. The molecule has 5 heteroatoms. The number of halogens is 1. The molecule has 1 N–H and O–H groups in total. The van der Waals surface area contributed by atoms with Gasteiger partial charge in [0.05, 0.1) is 13.1 Å². The van der Waals surface area contributed by atoms with E-state index in [1.165, 1.54) is 4.90 Å². The van der Waals surface area contributed by atoms with Crippen molar-refractivity contribution in [3.05, 3.63) is 71.8 Å². The molecule has 1 atom stereocenters. The highest BCUT2D eigenvalue weighted by Gasteiger charge is 2.44. The van der Waals surface area contributed by atoms with Crippen molar-refractivity contribution in [3.8, 4) is 0 Å². The van der Waals surface area contributed by atoms with Gasteiger partial charge in [-0.1, -0.05) is 74.5 Å². The predicted molar refractivity (Wildman–Crippen MR) is 108 cm³/mol. The number of esters is 1. The van der Waals surface area contributed by atoms with Crippen molar-refractivity contribution in [2.45, 2.75) is 26.4 Å². The van der Waals surface area contributed by atoms with Crippen LogP contribution >= 0.6 is 0 Å². The summed E-state index contributed by atoms with van der Waals surface area (Å²) in [6, 6.07) is 19.1. The number of hydrogen-bond acceptors (Lipinski definition) is 3. The van der Waals surface area contributed by atoms with Crippen molar-refractivity contribution >= 4 is 5.97 Å². The van der Waals surface area contributed by atoms with Gasteiger partial charge in [-0.05, 0) is 18.1 Å². The van der Waals surface area contributed by atoms with Gasteiger partial charge in [0.15, 0.2) is 0 Å². The maximum absolute atomic E-state index is 13.2. The molecule has 0 saturated heterocycles. The molecule has 0 aliphatic rings. The van der Waals surface area contributed by atoms with Crippen molar-refractivity contribution in [2.24, 2.45) is 5.92 Å². The van der Waals surface area contributed by atoms with E-state index in [0.717, 1.165) is 30.8 Å². The first kappa shape index (κ1) is 24.2. The summed E-state index contributed by atoms with van der Waals surface area (Å²) in [5, 5.41) is 0. The third-order valence-electron chi connectivity index (χ3n) is 4.84. The summed E-state index contributed by atoms with van der Waals surface area (Å²) >= 11 is 0. The molecule has 0 fully saturated rings. The quantitative estimate of drug-likeness (QED) is 0.551. The zero-order chi connectivity index (χ0) is 19.7. The smallest absolute Gasteiger partial charge is 0.348 e. The second kappa shape index (κ2) is 11.8. The first-order valence-corrected chi connectivity index (χ1v) is 9.71. The van der Waals surface area contributed by atoms with E-state index in [4.69, 9.17) is 9.47 Å². The summed E-state index contributed by atoms with van der Waals surface area (Å²) in [6.07, 6.45) is 0. The minimum Gasteiger partial charge on any atom is -1.00 e. The minimum atomic E-state index is -1.26. The van der Waals surface area contributed by atoms with Crippen molar-refractivity contribution in [1.82, 2.24) is 0 Å². The van der Waals surface area contributed by atoms with Gasteiger partial charge in [-0.2, -0.15) is 0 Å². The zero-order valence-electron chi connectivity index (χ0n) is 17.3. The molecule has 0 heterocycles. The van der Waals surface area contributed by atoms with Gasteiger partial charge in [0.25, 0.3) is 0 Å². The van der Waals surface area contributed by atoms with Crippen LogP contribution < -0.4 is 17.3 Å². The molecule has 28 heavy (non-hydrogen) atoms.